The van der Waals surface area contributed by atoms with Crippen LogP contribution in [0.1, 0.15) is 25.5 Å². The molecule has 1 aliphatic rings. The van der Waals surface area contributed by atoms with Gasteiger partial charge in [0.05, 0.1) is 17.7 Å². The zero-order valence-electron chi connectivity index (χ0n) is 8.80. The van der Waals surface area contributed by atoms with E-state index in [-0.39, 0.29) is 11.7 Å². The van der Waals surface area contributed by atoms with Crippen molar-refractivity contribution >= 4 is 23.2 Å². The minimum Gasteiger partial charge on any atom is -0.495 e. The lowest BCUT2D eigenvalue weighted by Crippen LogP contribution is -1.98. The lowest BCUT2D eigenvalue weighted by Gasteiger charge is -2.08. The van der Waals surface area contributed by atoms with Crippen LogP contribution < -0.4 is 4.74 Å². The van der Waals surface area contributed by atoms with Gasteiger partial charge in [-0.2, -0.15) is 0 Å². The number of rotatable bonds is 2. The molecule has 0 aromatic heterocycles. The van der Waals surface area contributed by atoms with Crippen LogP contribution in [0.2, 0.25) is 10.0 Å². The van der Waals surface area contributed by atoms with Crippen LogP contribution in [0, 0.1) is 0 Å². The summed E-state index contributed by atoms with van der Waals surface area (Å²) in [4.78, 5) is 0. The highest BCUT2D eigenvalue weighted by Crippen LogP contribution is 2.52. The van der Waals surface area contributed by atoms with Crippen molar-refractivity contribution in [1.82, 2.24) is 0 Å². The highest BCUT2D eigenvalue weighted by Gasteiger charge is 2.50. The Morgan fingerprint density at radius 2 is 1.87 bits per heavy atom. The van der Waals surface area contributed by atoms with Crippen LogP contribution in [-0.4, -0.2) is 12.7 Å². The smallest absolute Gasteiger partial charge is 0.139 e. The first kappa shape index (κ1) is 11.1. The van der Waals surface area contributed by atoms with E-state index in [0.717, 1.165) is 5.56 Å². The quantitative estimate of drug-likeness (QED) is 0.740. The molecule has 0 saturated carbocycles. The monoisotopic (exact) mass is 246 g/mol. The summed E-state index contributed by atoms with van der Waals surface area (Å²) < 4.78 is 10.6. The average molecular weight is 247 g/mol. The minimum atomic E-state index is -0.137. The Labute approximate surface area is 99.1 Å². The Hall–Kier alpha value is -0.440. The molecular formula is C11H12Cl2O2. The summed E-state index contributed by atoms with van der Waals surface area (Å²) in [6.45, 7) is 4.04. The zero-order valence-corrected chi connectivity index (χ0v) is 10.3. The van der Waals surface area contributed by atoms with Crippen molar-refractivity contribution in [2.75, 3.05) is 7.11 Å². The number of halogens is 2. The van der Waals surface area contributed by atoms with Gasteiger partial charge in [-0.3, -0.25) is 0 Å². The van der Waals surface area contributed by atoms with Crippen molar-refractivity contribution in [2.24, 2.45) is 0 Å². The second-order valence-electron chi connectivity index (χ2n) is 4.09. The molecule has 1 saturated heterocycles. The van der Waals surface area contributed by atoms with Gasteiger partial charge in [0.2, 0.25) is 0 Å². The van der Waals surface area contributed by atoms with Gasteiger partial charge in [0, 0.05) is 5.56 Å². The van der Waals surface area contributed by atoms with Gasteiger partial charge in [0.1, 0.15) is 16.9 Å². The van der Waals surface area contributed by atoms with E-state index in [2.05, 4.69) is 0 Å². The molecule has 82 valence electrons. The third-order valence-corrected chi connectivity index (χ3v) is 3.45. The number of methoxy groups -OCH3 is 1. The molecule has 0 bridgehead atoms. The molecule has 0 spiro atoms. The summed E-state index contributed by atoms with van der Waals surface area (Å²) in [6.07, 6.45) is 0.0356. The number of benzene rings is 1. The molecule has 0 aliphatic carbocycles. The first-order valence-electron chi connectivity index (χ1n) is 4.67. The average Bonchev–Trinajstić information content (AvgIpc) is 2.80. The van der Waals surface area contributed by atoms with Crippen molar-refractivity contribution in [3.8, 4) is 5.75 Å². The van der Waals surface area contributed by atoms with Crippen molar-refractivity contribution in [2.45, 2.75) is 25.6 Å². The Balaban J connectivity index is 2.39. The molecule has 0 radical (unpaired) electrons. The van der Waals surface area contributed by atoms with Gasteiger partial charge in [-0.15, -0.1) is 0 Å². The van der Waals surface area contributed by atoms with Gasteiger partial charge in [-0.25, -0.2) is 0 Å². The van der Waals surface area contributed by atoms with Gasteiger partial charge in [0.15, 0.2) is 0 Å². The van der Waals surface area contributed by atoms with Gasteiger partial charge in [-0.05, 0) is 19.9 Å². The molecule has 1 aromatic carbocycles. The molecule has 2 rings (SSSR count). The topological polar surface area (TPSA) is 21.8 Å². The van der Waals surface area contributed by atoms with Crippen molar-refractivity contribution < 1.29 is 9.47 Å². The highest BCUT2D eigenvalue weighted by molar-refractivity contribution is 6.43. The molecule has 1 aliphatic heterocycles. The zero-order chi connectivity index (χ0) is 11.2. The largest absolute Gasteiger partial charge is 0.495 e. The molecule has 1 unspecified atom stereocenters. The van der Waals surface area contributed by atoms with E-state index in [1.54, 1.807) is 13.2 Å². The van der Waals surface area contributed by atoms with Gasteiger partial charge < -0.3 is 9.47 Å². The van der Waals surface area contributed by atoms with E-state index in [1.807, 2.05) is 19.9 Å². The van der Waals surface area contributed by atoms with Crippen LogP contribution in [0.15, 0.2) is 12.1 Å². The minimum absolute atomic E-state index is 0.0356. The molecule has 1 atom stereocenters. The van der Waals surface area contributed by atoms with E-state index >= 15 is 0 Å². The summed E-state index contributed by atoms with van der Waals surface area (Å²) in [5.41, 5.74) is 0.786. The van der Waals surface area contributed by atoms with Gasteiger partial charge in [0.25, 0.3) is 0 Å². The Kier molecular flexibility index (Phi) is 2.61. The molecule has 2 nitrogen and oxygen atoms in total. The molecular weight excluding hydrogens is 235 g/mol. The van der Waals surface area contributed by atoms with Crippen LogP contribution >= 0.6 is 23.2 Å². The number of hydrogen-bond donors (Lipinski definition) is 0. The van der Waals surface area contributed by atoms with Crippen LogP contribution in [0.25, 0.3) is 0 Å². The van der Waals surface area contributed by atoms with E-state index in [4.69, 9.17) is 32.7 Å². The van der Waals surface area contributed by atoms with Crippen LogP contribution in [0.4, 0.5) is 0 Å². The van der Waals surface area contributed by atoms with Crippen LogP contribution in [-0.2, 0) is 4.74 Å². The lowest BCUT2D eigenvalue weighted by atomic mass is 10.0. The summed E-state index contributed by atoms with van der Waals surface area (Å²) in [7, 11) is 1.56. The first-order chi connectivity index (χ1) is 6.97. The third kappa shape index (κ3) is 1.82. The van der Waals surface area contributed by atoms with E-state index < -0.39 is 0 Å². The second kappa shape index (κ2) is 3.55. The Bertz CT molecular complexity index is 402. The summed E-state index contributed by atoms with van der Waals surface area (Å²) in [5.74, 6) is 0.587. The predicted octanol–water partition coefficient (Wildman–Crippen LogP) is 3.85. The number of epoxide rings is 1. The summed E-state index contributed by atoms with van der Waals surface area (Å²) in [5, 5.41) is 0.967. The fourth-order valence-corrected chi connectivity index (χ4v) is 2.12. The summed E-state index contributed by atoms with van der Waals surface area (Å²) in [6, 6.07) is 3.70. The van der Waals surface area contributed by atoms with Gasteiger partial charge in [-0.1, -0.05) is 29.3 Å². The molecule has 1 heterocycles. The molecule has 0 amide bonds. The second-order valence-corrected chi connectivity index (χ2v) is 4.84. The molecule has 1 aromatic rings. The van der Waals surface area contributed by atoms with Gasteiger partial charge >= 0.3 is 0 Å². The molecule has 4 heteroatoms. The first-order valence-corrected chi connectivity index (χ1v) is 5.42. The van der Waals surface area contributed by atoms with Crippen molar-refractivity contribution in [3.63, 3.8) is 0 Å². The van der Waals surface area contributed by atoms with Crippen LogP contribution in [0.3, 0.4) is 0 Å². The van der Waals surface area contributed by atoms with E-state index in [0.29, 0.717) is 15.8 Å². The molecule has 15 heavy (non-hydrogen) atoms. The predicted molar refractivity (Wildman–Crippen MR) is 60.9 cm³/mol. The molecule has 0 N–H and O–H groups in total. The molecule has 1 fully saturated rings. The number of hydrogen-bond acceptors (Lipinski definition) is 2. The van der Waals surface area contributed by atoms with E-state index in [1.165, 1.54) is 0 Å². The maximum Gasteiger partial charge on any atom is 0.139 e. The fourth-order valence-electron chi connectivity index (χ4n) is 1.61. The lowest BCUT2D eigenvalue weighted by molar-refractivity contribution is 0.325. The Morgan fingerprint density at radius 3 is 2.33 bits per heavy atom. The van der Waals surface area contributed by atoms with E-state index in [9.17, 15) is 0 Å². The fraction of sp³-hybridized carbons (Fsp3) is 0.455. The van der Waals surface area contributed by atoms with Crippen molar-refractivity contribution in [1.29, 1.82) is 0 Å². The maximum atomic E-state index is 6.15. The Morgan fingerprint density at radius 1 is 1.27 bits per heavy atom. The number of ether oxygens (including phenoxy) is 2. The van der Waals surface area contributed by atoms with Crippen LogP contribution in [0.5, 0.6) is 5.75 Å². The standard InChI is InChI=1S/C11H12Cl2O2/c1-11(2)10(15-11)6-4-5-7(14-3)9(13)8(6)12/h4-5,10H,1-3H3. The summed E-state index contributed by atoms with van der Waals surface area (Å²) >= 11 is 12.2. The normalized spacial score (nSPS) is 22.6. The highest BCUT2D eigenvalue weighted by atomic mass is 35.5. The third-order valence-electron chi connectivity index (χ3n) is 2.57. The SMILES string of the molecule is COc1ccc(C2OC2(C)C)c(Cl)c1Cl. The maximum absolute atomic E-state index is 6.15. The van der Waals surface area contributed by atoms with Crippen molar-refractivity contribution in [3.05, 3.63) is 27.7 Å².